The molecule has 0 heterocycles. The van der Waals surface area contributed by atoms with Crippen molar-refractivity contribution in [2.75, 3.05) is 12.5 Å². The van der Waals surface area contributed by atoms with E-state index >= 15 is 0 Å². The molecule has 2 rings (SSSR count). The molecule has 0 spiro atoms. The van der Waals surface area contributed by atoms with Crippen molar-refractivity contribution >= 4 is 21.6 Å². The molecule has 2 aromatic rings. The van der Waals surface area contributed by atoms with Gasteiger partial charge in [-0.25, -0.2) is 9.82 Å². The van der Waals surface area contributed by atoms with Gasteiger partial charge in [0.15, 0.2) is 11.6 Å². The molecule has 0 amide bonds. The lowest BCUT2D eigenvalue weighted by molar-refractivity contribution is 0.383. The molecule has 100 valence electrons. The van der Waals surface area contributed by atoms with Crippen molar-refractivity contribution < 1.29 is 9.13 Å². The highest BCUT2D eigenvalue weighted by Crippen LogP contribution is 2.27. The second-order valence-electron chi connectivity index (χ2n) is 3.89. The number of halogens is 2. The summed E-state index contributed by atoms with van der Waals surface area (Å²) in [5.74, 6) is -0.126. The molecule has 0 aromatic heterocycles. The number of hydrogen-bond donors (Lipinski definition) is 2. The molecular formula is C14H14BrFN2O. The van der Waals surface area contributed by atoms with Crippen LogP contribution in [0.3, 0.4) is 0 Å². The van der Waals surface area contributed by atoms with Gasteiger partial charge in [0.2, 0.25) is 0 Å². The molecule has 0 saturated carbocycles. The van der Waals surface area contributed by atoms with Gasteiger partial charge in [0.05, 0.1) is 7.11 Å². The zero-order valence-electron chi connectivity index (χ0n) is 10.4. The standard InChI is InChI=1S/C14H14BrFN2O/c1-19-13-8-7-12(15)11(14(13)16)9-17-18-10-5-3-2-4-6-10/h2-8,17-18H,9H2,1H3. The second kappa shape index (κ2) is 6.54. The number of benzene rings is 2. The van der Waals surface area contributed by atoms with Crippen LogP contribution in [0, 0.1) is 5.82 Å². The van der Waals surface area contributed by atoms with Crippen molar-refractivity contribution in [1.82, 2.24) is 5.43 Å². The number of hydrazine groups is 1. The fourth-order valence-electron chi connectivity index (χ4n) is 1.65. The summed E-state index contributed by atoms with van der Waals surface area (Å²) in [6.07, 6.45) is 0. The normalized spacial score (nSPS) is 10.3. The maximum absolute atomic E-state index is 14.0. The molecule has 2 N–H and O–H groups in total. The first-order valence-corrected chi connectivity index (χ1v) is 6.56. The summed E-state index contributed by atoms with van der Waals surface area (Å²) in [4.78, 5) is 0. The van der Waals surface area contributed by atoms with Crippen LogP contribution in [-0.2, 0) is 6.54 Å². The highest BCUT2D eigenvalue weighted by molar-refractivity contribution is 9.10. The molecule has 0 fully saturated rings. The maximum Gasteiger partial charge on any atom is 0.170 e. The lowest BCUT2D eigenvalue weighted by atomic mass is 10.2. The summed E-state index contributed by atoms with van der Waals surface area (Å²) in [7, 11) is 1.45. The van der Waals surface area contributed by atoms with Crippen LogP contribution in [0.25, 0.3) is 0 Å². The fraction of sp³-hybridized carbons (Fsp3) is 0.143. The smallest absolute Gasteiger partial charge is 0.170 e. The van der Waals surface area contributed by atoms with Gasteiger partial charge < -0.3 is 10.2 Å². The molecule has 5 heteroatoms. The minimum absolute atomic E-state index is 0.236. The van der Waals surface area contributed by atoms with Crippen LogP contribution in [0.15, 0.2) is 46.9 Å². The van der Waals surface area contributed by atoms with Gasteiger partial charge in [-0.3, -0.25) is 0 Å². The molecule has 0 radical (unpaired) electrons. The zero-order valence-corrected chi connectivity index (χ0v) is 12.0. The Kier molecular flexibility index (Phi) is 4.76. The van der Waals surface area contributed by atoms with Crippen molar-refractivity contribution in [2.24, 2.45) is 0 Å². The molecule has 19 heavy (non-hydrogen) atoms. The molecule has 2 aromatic carbocycles. The van der Waals surface area contributed by atoms with Crippen LogP contribution in [0.4, 0.5) is 10.1 Å². The van der Waals surface area contributed by atoms with Crippen molar-refractivity contribution in [2.45, 2.75) is 6.54 Å². The summed E-state index contributed by atoms with van der Waals surface area (Å²) in [6, 6.07) is 13.0. The number of anilines is 1. The average molecular weight is 325 g/mol. The third-order valence-electron chi connectivity index (χ3n) is 2.64. The van der Waals surface area contributed by atoms with E-state index in [1.54, 1.807) is 12.1 Å². The summed E-state index contributed by atoms with van der Waals surface area (Å²) in [5.41, 5.74) is 7.42. The molecule has 0 aliphatic carbocycles. The number of nitrogens with one attached hydrogen (secondary N) is 2. The van der Waals surface area contributed by atoms with E-state index in [4.69, 9.17) is 4.74 Å². The van der Waals surface area contributed by atoms with E-state index in [0.717, 1.165) is 5.69 Å². The molecule has 0 aliphatic heterocycles. The Morgan fingerprint density at radius 3 is 2.58 bits per heavy atom. The topological polar surface area (TPSA) is 33.3 Å². The highest BCUT2D eigenvalue weighted by atomic mass is 79.9. The SMILES string of the molecule is COc1ccc(Br)c(CNNc2ccccc2)c1F. The second-order valence-corrected chi connectivity index (χ2v) is 4.74. The number of hydrogen-bond acceptors (Lipinski definition) is 3. The summed E-state index contributed by atoms with van der Waals surface area (Å²) in [6.45, 7) is 0.332. The number of methoxy groups -OCH3 is 1. The Bertz CT molecular complexity index is 549. The predicted molar refractivity (Wildman–Crippen MR) is 77.6 cm³/mol. The molecule has 0 atom stereocenters. The third-order valence-corrected chi connectivity index (χ3v) is 3.39. The summed E-state index contributed by atoms with van der Waals surface area (Å²) < 4.78 is 19.7. The molecule has 0 unspecified atom stereocenters. The third kappa shape index (κ3) is 3.45. The van der Waals surface area contributed by atoms with E-state index in [2.05, 4.69) is 26.8 Å². The van der Waals surface area contributed by atoms with Crippen LogP contribution in [-0.4, -0.2) is 7.11 Å². The quantitative estimate of drug-likeness (QED) is 0.822. The van der Waals surface area contributed by atoms with Crippen LogP contribution in [0.5, 0.6) is 5.75 Å². The van der Waals surface area contributed by atoms with Gasteiger partial charge in [0.1, 0.15) is 0 Å². The van der Waals surface area contributed by atoms with Crippen LogP contribution in [0.2, 0.25) is 0 Å². The van der Waals surface area contributed by atoms with Gasteiger partial charge >= 0.3 is 0 Å². The van der Waals surface area contributed by atoms with E-state index < -0.39 is 0 Å². The van der Waals surface area contributed by atoms with Gasteiger partial charge in [0.25, 0.3) is 0 Å². The van der Waals surface area contributed by atoms with Gasteiger partial charge in [-0.15, -0.1) is 0 Å². The van der Waals surface area contributed by atoms with Crippen molar-refractivity contribution in [3.8, 4) is 5.75 Å². The van der Waals surface area contributed by atoms with E-state index in [-0.39, 0.29) is 11.6 Å². The Balaban J connectivity index is 2.03. The summed E-state index contributed by atoms with van der Waals surface area (Å²) in [5, 5.41) is 0. The molecule has 0 bridgehead atoms. The summed E-state index contributed by atoms with van der Waals surface area (Å²) >= 11 is 3.33. The maximum atomic E-state index is 14.0. The number of ether oxygens (including phenoxy) is 1. The van der Waals surface area contributed by atoms with E-state index in [9.17, 15) is 4.39 Å². The molecule has 0 saturated heterocycles. The van der Waals surface area contributed by atoms with Crippen molar-refractivity contribution in [3.05, 3.63) is 58.3 Å². The Morgan fingerprint density at radius 2 is 1.89 bits per heavy atom. The lowest BCUT2D eigenvalue weighted by Gasteiger charge is -2.12. The minimum atomic E-state index is -0.362. The molecule has 0 aliphatic rings. The number of para-hydroxylation sites is 1. The highest BCUT2D eigenvalue weighted by Gasteiger charge is 2.12. The Morgan fingerprint density at radius 1 is 1.16 bits per heavy atom. The largest absolute Gasteiger partial charge is 0.494 e. The van der Waals surface area contributed by atoms with Crippen LogP contribution < -0.4 is 15.6 Å². The van der Waals surface area contributed by atoms with Crippen LogP contribution in [0.1, 0.15) is 5.56 Å². The first kappa shape index (κ1) is 13.8. The monoisotopic (exact) mass is 324 g/mol. The van der Waals surface area contributed by atoms with Crippen LogP contribution >= 0.6 is 15.9 Å². The first-order valence-electron chi connectivity index (χ1n) is 5.77. The Labute approximate surface area is 119 Å². The minimum Gasteiger partial charge on any atom is -0.494 e. The number of rotatable bonds is 5. The van der Waals surface area contributed by atoms with Gasteiger partial charge in [0, 0.05) is 22.3 Å². The molecular weight excluding hydrogens is 311 g/mol. The first-order chi connectivity index (χ1) is 9.22. The predicted octanol–water partition coefficient (Wildman–Crippen LogP) is 3.71. The van der Waals surface area contributed by atoms with E-state index in [1.165, 1.54) is 7.11 Å². The van der Waals surface area contributed by atoms with Gasteiger partial charge in [-0.1, -0.05) is 34.1 Å². The van der Waals surface area contributed by atoms with Gasteiger partial charge in [-0.05, 0) is 24.3 Å². The zero-order chi connectivity index (χ0) is 13.7. The van der Waals surface area contributed by atoms with E-state index in [1.807, 2.05) is 30.3 Å². The Hall–Kier alpha value is -1.59. The average Bonchev–Trinajstić information content (AvgIpc) is 2.44. The van der Waals surface area contributed by atoms with Gasteiger partial charge in [-0.2, -0.15) is 0 Å². The lowest BCUT2D eigenvalue weighted by Crippen LogP contribution is -2.21. The van der Waals surface area contributed by atoms with Crippen molar-refractivity contribution in [1.29, 1.82) is 0 Å². The van der Waals surface area contributed by atoms with Crippen molar-refractivity contribution in [3.63, 3.8) is 0 Å². The van der Waals surface area contributed by atoms with E-state index in [0.29, 0.717) is 16.6 Å². The fourth-order valence-corrected chi connectivity index (χ4v) is 2.10. The molecule has 3 nitrogen and oxygen atoms in total.